The van der Waals surface area contributed by atoms with Crippen molar-refractivity contribution in [3.63, 3.8) is 0 Å². The molecule has 8 heteroatoms. The summed E-state index contributed by atoms with van der Waals surface area (Å²) in [5.41, 5.74) is 8.01. The molecule has 4 N–H and O–H groups in total. The van der Waals surface area contributed by atoms with Gasteiger partial charge in [0.2, 0.25) is 0 Å². The van der Waals surface area contributed by atoms with E-state index in [1.54, 1.807) is 48.5 Å². The molecule has 0 radical (unpaired) electrons. The van der Waals surface area contributed by atoms with Crippen LogP contribution in [0.5, 0.6) is 0 Å². The first kappa shape index (κ1) is 21.3. The molecular formula is C23H20N4O4. The maximum Gasteiger partial charge on any atom is 0.269 e. The molecule has 0 aliphatic carbocycles. The number of hydrogen-bond donors (Lipinski definition) is 3. The topological polar surface area (TPSA) is 127 Å². The molecule has 31 heavy (non-hydrogen) atoms. The first-order chi connectivity index (χ1) is 14.9. The van der Waals surface area contributed by atoms with E-state index in [1.807, 2.05) is 6.07 Å². The quantitative estimate of drug-likeness (QED) is 0.236. The number of nitro benzene ring substituents is 1. The van der Waals surface area contributed by atoms with Crippen LogP contribution in [-0.2, 0) is 11.3 Å². The van der Waals surface area contributed by atoms with Gasteiger partial charge in [0.25, 0.3) is 17.5 Å². The van der Waals surface area contributed by atoms with Crippen molar-refractivity contribution in [1.29, 1.82) is 0 Å². The number of non-ortho nitro benzene ring substituents is 1. The summed E-state index contributed by atoms with van der Waals surface area (Å²) in [6.07, 6.45) is 1.45. The van der Waals surface area contributed by atoms with Crippen LogP contribution in [-0.4, -0.2) is 16.7 Å². The molecule has 0 bridgehead atoms. The number of para-hydroxylation sites is 1. The highest BCUT2D eigenvalue weighted by molar-refractivity contribution is 6.05. The van der Waals surface area contributed by atoms with Gasteiger partial charge in [-0.15, -0.1) is 0 Å². The van der Waals surface area contributed by atoms with Crippen LogP contribution in [0.2, 0.25) is 0 Å². The molecule has 3 aromatic rings. The van der Waals surface area contributed by atoms with Crippen LogP contribution in [0, 0.1) is 10.1 Å². The van der Waals surface area contributed by atoms with Crippen LogP contribution in [0.3, 0.4) is 0 Å². The fourth-order valence-electron chi connectivity index (χ4n) is 2.77. The number of nitrogens with one attached hydrogen (secondary N) is 2. The van der Waals surface area contributed by atoms with Gasteiger partial charge in [0.1, 0.15) is 5.70 Å². The predicted molar refractivity (Wildman–Crippen MR) is 118 cm³/mol. The first-order valence-corrected chi connectivity index (χ1v) is 9.38. The molecule has 0 unspecified atom stereocenters. The highest BCUT2D eigenvalue weighted by Crippen LogP contribution is 2.15. The monoisotopic (exact) mass is 416 g/mol. The van der Waals surface area contributed by atoms with Crippen LogP contribution in [0.25, 0.3) is 6.08 Å². The van der Waals surface area contributed by atoms with Crippen molar-refractivity contribution in [2.45, 2.75) is 6.54 Å². The third kappa shape index (κ3) is 5.77. The van der Waals surface area contributed by atoms with Crippen LogP contribution >= 0.6 is 0 Å². The minimum atomic E-state index is -0.522. The molecule has 0 saturated heterocycles. The molecule has 0 spiro atoms. The van der Waals surface area contributed by atoms with Gasteiger partial charge in [-0.2, -0.15) is 0 Å². The molecular weight excluding hydrogens is 396 g/mol. The van der Waals surface area contributed by atoms with Crippen LogP contribution in [0.4, 0.5) is 11.4 Å². The van der Waals surface area contributed by atoms with Gasteiger partial charge >= 0.3 is 0 Å². The number of amides is 2. The molecule has 0 fully saturated rings. The van der Waals surface area contributed by atoms with Gasteiger partial charge in [0.15, 0.2) is 0 Å². The Balaban J connectivity index is 1.83. The molecule has 8 nitrogen and oxygen atoms in total. The molecule has 0 atom stereocenters. The average molecular weight is 416 g/mol. The van der Waals surface area contributed by atoms with E-state index in [-0.39, 0.29) is 17.9 Å². The van der Waals surface area contributed by atoms with E-state index in [9.17, 15) is 19.7 Å². The number of benzene rings is 3. The molecule has 0 aromatic heterocycles. The van der Waals surface area contributed by atoms with Crippen molar-refractivity contribution in [3.8, 4) is 0 Å². The number of nitrogens with two attached hydrogens (primary N) is 1. The minimum Gasteiger partial charge on any atom is -0.398 e. The third-order valence-corrected chi connectivity index (χ3v) is 4.44. The second kappa shape index (κ2) is 9.84. The van der Waals surface area contributed by atoms with Crippen molar-refractivity contribution in [2.24, 2.45) is 0 Å². The number of hydrogen-bond acceptors (Lipinski definition) is 5. The third-order valence-electron chi connectivity index (χ3n) is 4.44. The zero-order valence-electron chi connectivity index (χ0n) is 16.4. The lowest BCUT2D eigenvalue weighted by Gasteiger charge is -2.12. The average Bonchev–Trinajstić information content (AvgIpc) is 2.78. The smallest absolute Gasteiger partial charge is 0.269 e. The van der Waals surface area contributed by atoms with Crippen LogP contribution in [0.15, 0.2) is 84.6 Å². The lowest BCUT2D eigenvalue weighted by atomic mass is 10.1. The van der Waals surface area contributed by atoms with Crippen LogP contribution < -0.4 is 16.4 Å². The molecule has 0 aliphatic rings. The Hall–Kier alpha value is -4.46. The maximum absolute atomic E-state index is 12.8. The molecule has 156 valence electrons. The zero-order chi connectivity index (χ0) is 22.2. The summed E-state index contributed by atoms with van der Waals surface area (Å²) in [6.45, 7) is 0.171. The Kier molecular flexibility index (Phi) is 6.74. The summed E-state index contributed by atoms with van der Waals surface area (Å²) in [6, 6.07) is 21.2. The second-order valence-corrected chi connectivity index (χ2v) is 6.61. The number of carbonyl (C=O) groups excluding carboxylic acids is 2. The number of anilines is 1. The van der Waals surface area contributed by atoms with Crippen molar-refractivity contribution < 1.29 is 14.5 Å². The lowest BCUT2D eigenvalue weighted by Crippen LogP contribution is -2.34. The fourth-order valence-corrected chi connectivity index (χ4v) is 2.77. The predicted octanol–water partition coefficient (Wildman–Crippen LogP) is 3.26. The van der Waals surface area contributed by atoms with E-state index in [1.165, 1.54) is 30.3 Å². The molecule has 0 aliphatic heterocycles. The number of nitrogen functional groups attached to an aromatic ring is 1. The van der Waals surface area contributed by atoms with Gasteiger partial charge in [-0.1, -0.05) is 36.4 Å². The maximum atomic E-state index is 12.8. The van der Waals surface area contributed by atoms with Crippen molar-refractivity contribution in [2.75, 3.05) is 5.73 Å². The Morgan fingerprint density at radius 1 is 0.935 bits per heavy atom. The summed E-state index contributed by atoms with van der Waals surface area (Å²) in [7, 11) is 0. The molecule has 0 heterocycles. The standard InChI is InChI=1S/C23H20N4O4/c24-20-9-5-4-8-18(20)15-25-23(29)21(26-22(28)17-6-2-1-3-7-17)14-16-10-12-19(13-11-16)27(30)31/h1-14H,15,24H2,(H,25,29)(H,26,28)/b21-14+. The Bertz CT molecular complexity index is 1130. The number of nitrogens with zero attached hydrogens (tertiary/aromatic N) is 1. The van der Waals surface area contributed by atoms with Gasteiger partial charge in [-0.25, -0.2) is 0 Å². The van der Waals surface area contributed by atoms with Crippen LogP contribution in [0.1, 0.15) is 21.5 Å². The SMILES string of the molecule is Nc1ccccc1CNC(=O)/C(=C\c1ccc([N+](=O)[O-])cc1)NC(=O)c1ccccc1. The van der Waals surface area contributed by atoms with E-state index in [0.717, 1.165) is 5.56 Å². The van der Waals surface area contributed by atoms with E-state index < -0.39 is 16.7 Å². The van der Waals surface area contributed by atoms with E-state index >= 15 is 0 Å². The van der Waals surface area contributed by atoms with E-state index in [0.29, 0.717) is 16.8 Å². The number of nitro groups is 1. The van der Waals surface area contributed by atoms with Gasteiger partial charge in [-0.05, 0) is 47.5 Å². The molecule has 0 saturated carbocycles. The number of rotatable bonds is 7. The lowest BCUT2D eigenvalue weighted by molar-refractivity contribution is -0.384. The summed E-state index contributed by atoms with van der Waals surface area (Å²) >= 11 is 0. The number of carbonyl (C=O) groups is 2. The van der Waals surface area contributed by atoms with Gasteiger partial charge in [-0.3, -0.25) is 19.7 Å². The normalized spacial score (nSPS) is 10.9. The van der Waals surface area contributed by atoms with Crippen molar-refractivity contribution >= 4 is 29.3 Å². The van der Waals surface area contributed by atoms with Crippen molar-refractivity contribution in [1.82, 2.24) is 10.6 Å². The first-order valence-electron chi connectivity index (χ1n) is 9.38. The fraction of sp³-hybridized carbons (Fsp3) is 0.0435. The summed E-state index contributed by atoms with van der Waals surface area (Å²) in [5, 5.41) is 16.2. The Morgan fingerprint density at radius 2 is 1.58 bits per heavy atom. The Morgan fingerprint density at radius 3 is 2.23 bits per heavy atom. The van der Waals surface area contributed by atoms with Crippen molar-refractivity contribution in [3.05, 3.63) is 111 Å². The molecule has 3 aromatic carbocycles. The summed E-state index contributed by atoms with van der Waals surface area (Å²) in [4.78, 5) is 35.8. The van der Waals surface area contributed by atoms with Gasteiger partial charge < -0.3 is 16.4 Å². The highest BCUT2D eigenvalue weighted by Gasteiger charge is 2.15. The molecule has 3 rings (SSSR count). The molecule has 2 amide bonds. The zero-order valence-corrected chi connectivity index (χ0v) is 16.4. The minimum absolute atomic E-state index is 0.00258. The largest absolute Gasteiger partial charge is 0.398 e. The van der Waals surface area contributed by atoms with E-state index in [4.69, 9.17) is 5.73 Å². The van der Waals surface area contributed by atoms with Gasteiger partial charge in [0.05, 0.1) is 4.92 Å². The second-order valence-electron chi connectivity index (χ2n) is 6.61. The van der Waals surface area contributed by atoms with E-state index in [2.05, 4.69) is 10.6 Å². The summed E-state index contributed by atoms with van der Waals surface area (Å²) < 4.78 is 0. The summed E-state index contributed by atoms with van der Waals surface area (Å²) in [5.74, 6) is -0.978. The Labute approximate surface area is 178 Å². The van der Waals surface area contributed by atoms with Gasteiger partial charge in [0, 0.05) is 29.9 Å². The highest BCUT2D eigenvalue weighted by atomic mass is 16.6.